The lowest BCUT2D eigenvalue weighted by atomic mass is 10.1. The van der Waals surface area contributed by atoms with Gasteiger partial charge in [-0.3, -0.25) is 4.90 Å². The number of aliphatic hydroxyl groups excluding tert-OH is 1. The topological polar surface area (TPSA) is 62.0 Å². The highest BCUT2D eigenvalue weighted by atomic mass is 35.5. The number of ether oxygens (including phenoxy) is 1. The fourth-order valence-corrected chi connectivity index (χ4v) is 4.68. The third-order valence-corrected chi connectivity index (χ3v) is 6.49. The monoisotopic (exact) mass is 491 g/mol. The Kier molecular flexibility index (Phi) is 8.62. The average Bonchev–Trinajstić information content (AvgIpc) is 3.35. The van der Waals surface area contributed by atoms with Crippen molar-refractivity contribution in [3.05, 3.63) is 54.7 Å². The summed E-state index contributed by atoms with van der Waals surface area (Å²) in [5, 5.41) is 9.19. The third kappa shape index (κ3) is 5.13. The molecule has 1 aliphatic rings. The molecule has 3 heterocycles. The zero-order chi connectivity index (χ0) is 21.2. The Hall–Kier alpha value is -2.29. The number of H-pyrrole nitrogens is 1. The van der Waals surface area contributed by atoms with E-state index in [9.17, 15) is 5.11 Å². The molecule has 178 valence electrons. The number of methoxy groups -OCH3 is 1. The molecule has 0 spiro atoms. The van der Waals surface area contributed by atoms with E-state index in [1.54, 1.807) is 7.11 Å². The van der Waals surface area contributed by atoms with Crippen LogP contribution in [0.15, 0.2) is 54.7 Å². The van der Waals surface area contributed by atoms with E-state index >= 15 is 0 Å². The molecule has 0 radical (unpaired) electrons. The normalized spacial score (nSPS) is 14.8. The van der Waals surface area contributed by atoms with Crippen LogP contribution >= 0.6 is 0 Å². The van der Waals surface area contributed by atoms with Crippen molar-refractivity contribution >= 4 is 16.8 Å². The molecule has 0 unspecified atom stereocenters. The van der Waals surface area contributed by atoms with Crippen molar-refractivity contribution in [1.29, 1.82) is 0 Å². The summed E-state index contributed by atoms with van der Waals surface area (Å²) in [7, 11) is 1.70. The van der Waals surface area contributed by atoms with Crippen molar-refractivity contribution < 1.29 is 44.0 Å². The van der Waals surface area contributed by atoms with Crippen LogP contribution in [0.25, 0.3) is 28.1 Å². The van der Waals surface area contributed by atoms with Gasteiger partial charge in [0, 0.05) is 25.2 Å². The van der Waals surface area contributed by atoms with Gasteiger partial charge in [0.2, 0.25) is 0 Å². The molecule has 0 amide bonds. The number of nitrogens with one attached hydrogen (secondary N) is 2. The van der Waals surface area contributed by atoms with Gasteiger partial charge in [0.05, 0.1) is 33.4 Å². The van der Waals surface area contributed by atoms with E-state index in [1.807, 2.05) is 12.1 Å². The van der Waals surface area contributed by atoms with Crippen LogP contribution in [0.4, 0.5) is 0 Å². The smallest absolute Gasteiger partial charge is 0.368 e. The van der Waals surface area contributed by atoms with E-state index in [4.69, 9.17) is 4.74 Å². The van der Waals surface area contributed by atoms with Crippen molar-refractivity contribution in [3.63, 3.8) is 0 Å². The fourth-order valence-electron chi connectivity index (χ4n) is 4.68. The Morgan fingerprint density at radius 3 is 2.45 bits per heavy atom. The van der Waals surface area contributed by atoms with Crippen LogP contribution in [0.5, 0.6) is 5.75 Å². The van der Waals surface area contributed by atoms with Crippen molar-refractivity contribution in [2.75, 3.05) is 53.0 Å². The minimum absolute atomic E-state index is 0. The molecule has 7 nitrogen and oxygen atoms in total. The van der Waals surface area contributed by atoms with Gasteiger partial charge in [-0.1, -0.05) is 12.1 Å². The molecule has 2 aromatic heterocycles. The number of rotatable bonds is 7. The van der Waals surface area contributed by atoms with Crippen LogP contribution in [-0.2, 0) is 6.54 Å². The number of piperazine rings is 1. The van der Waals surface area contributed by atoms with Gasteiger partial charge in [0.25, 0.3) is 0 Å². The summed E-state index contributed by atoms with van der Waals surface area (Å²) in [5.41, 5.74) is 4.71. The number of para-hydroxylation sites is 2. The molecule has 1 aliphatic heterocycles. The van der Waals surface area contributed by atoms with E-state index in [0.29, 0.717) is 0 Å². The summed E-state index contributed by atoms with van der Waals surface area (Å²) in [5.74, 6) is 1.98. The minimum Gasteiger partial charge on any atom is -1.00 e. The molecule has 0 bridgehead atoms. The number of fused-ring (bicyclic) bond motifs is 3. The first kappa shape index (κ1) is 25.3. The number of hydrogen-bond donors (Lipinski definition) is 3. The molecule has 0 saturated carbocycles. The predicted molar refractivity (Wildman–Crippen MR) is 121 cm³/mol. The van der Waals surface area contributed by atoms with Gasteiger partial charge in [-0.2, -0.15) is 4.40 Å². The Labute approximate surface area is 206 Å². The zero-order valence-corrected chi connectivity index (χ0v) is 20.3. The largest absolute Gasteiger partial charge is 1.00 e. The summed E-state index contributed by atoms with van der Waals surface area (Å²) in [6, 6.07) is 16.7. The SMILES string of the molecule is COc1ccc(-c2c[n+]3c4ccccc4[nH]c3n2CCN2CC[NH+](CCO)CC2)cc1.[Cl-].[Cl-]. The highest BCUT2D eigenvalue weighted by molar-refractivity contribution is 5.74. The van der Waals surface area contributed by atoms with Gasteiger partial charge in [0.15, 0.2) is 0 Å². The van der Waals surface area contributed by atoms with Crippen LogP contribution in [0.3, 0.4) is 0 Å². The maximum Gasteiger partial charge on any atom is 0.368 e. The molecule has 4 aromatic rings. The van der Waals surface area contributed by atoms with Gasteiger partial charge in [0.1, 0.15) is 35.2 Å². The van der Waals surface area contributed by atoms with Crippen molar-refractivity contribution in [1.82, 2.24) is 14.5 Å². The Bertz CT molecular complexity index is 1170. The van der Waals surface area contributed by atoms with Crippen LogP contribution < -0.4 is 38.9 Å². The summed E-state index contributed by atoms with van der Waals surface area (Å²) < 4.78 is 10.0. The Morgan fingerprint density at radius 2 is 1.76 bits per heavy atom. The molecular weight excluding hydrogens is 461 g/mol. The highest BCUT2D eigenvalue weighted by Crippen LogP contribution is 2.24. The fraction of sp³-hybridized carbons (Fsp3) is 0.375. The molecule has 2 aromatic carbocycles. The van der Waals surface area contributed by atoms with Gasteiger partial charge in [-0.25, -0.2) is 9.55 Å². The number of quaternary nitrogens is 1. The standard InChI is InChI=1S/C24H29N5O2.2ClH/c1-31-20-8-6-19(7-9-20)23-18-29-22-5-3-2-4-21(22)25-24(29)28(23)15-14-26-10-12-27(13-11-26)16-17-30;;/h2-9,18,30H,10-17H2,1H3;2*1H. The van der Waals surface area contributed by atoms with E-state index in [1.165, 1.54) is 21.7 Å². The van der Waals surface area contributed by atoms with Crippen LogP contribution in [0, 0.1) is 0 Å². The quantitative estimate of drug-likeness (QED) is 0.226. The molecule has 33 heavy (non-hydrogen) atoms. The minimum atomic E-state index is 0. The second-order valence-corrected chi connectivity index (χ2v) is 8.30. The number of aromatic nitrogens is 3. The number of halogens is 2. The molecule has 5 rings (SSSR count). The lowest BCUT2D eigenvalue weighted by Gasteiger charge is -2.31. The zero-order valence-electron chi connectivity index (χ0n) is 18.8. The lowest BCUT2D eigenvalue weighted by Crippen LogP contribution is -3.15. The van der Waals surface area contributed by atoms with E-state index in [-0.39, 0.29) is 31.4 Å². The molecule has 1 fully saturated rings. The molecular formula is C24H31Cl2N5O2. The molecule has 3 N–H and O–H groups in total. The first-order chi connectivity index (χ1) is 15.3. The molecule has 0 aliphatic carbocycles. The van der Waals surface area contributed by atoms with Gasteiger partial charge in [-0.05, 0) is 36.4 Å². The number of benzene rings is 2. The van der Waals surface area contributed by atoms with E-state index in [2.05, 4.69) is 61.4 Å². The number of aromatic amines is 1. The Balaban J connectivity index is 0.00000153. The van der Waals surface area contributed by atoms with Crippen LogP contribution in [0.1, 0.15) is 0 Å². The summed E-state index contributed by atoms with van der Waals surface area (Å²) in [4.78, 5) is 7.67. The first-order valence-electron chi connectivity index (χ1n) is 11.1. The highest BCUT2D eigenvalue weighted by Gasteiger charge is 2.24. The van der Waals surface area contributed by atoms with Crippen molar-refractivity contribution in [2.45, 2.75) is 6.54 Å². The van der Waals surface area contributed by atoms with Gasteiger partial charge < -0.3 is 39.6 Å². The van der Waals surface area contributed by atoms with E-state index in [0.717, 1.165) is 62.9 Å². The summed E-state index contributed by atoms with van der Waals surface area (Å²) in [6.45, 7) is 7.44. The summed E-state index contributed by atoms with van der Waals surface area (Å²) >= 11 is 0. The average molecular weight is 492 g/mol. The second kappa shape index (κ2) is 11.2. The van der Waals surface area contributed by atoms with Crippen LogP contribution in [-0.4, -0.2) is 72.5 Å². The molecule has 0 atom stereocenters. The lowest BCUT2D eigenvalue weighted by molar-refractivity contribution is -0.904. The first-order valence-corrected chi connectivity index (χ1v) is 11.1. The number of hydrogen-bond acceptors (Lipinski definition) is 3. The number of aliphatic hydroxyl groups is 1. The van der Waals surface area contributed by atoms with E-state index < -0.39 is 0 Å². The third-order valence-electron chi connectivity index (χ3n) is 6.49. The Morgan fingerprint density at radius 1 is 1.03 bits per heavy atom. The van der Waals surface area contributed by atoms with Crippen LogP contribution in [0.2, 0.25) is 0 Å². The maximum absolute atomic E-state index is 9.19. The number of imidazole rings is 2. The van der Waals surface area contributed by atoms with Crippen molar-refractivity contribution in [3.8, 4) is 17.0 Å². The van der Waals surface area contributed by atoms with Gasteiger partial charge in [-0.15, -0.1) is 0 Å². The second-order valence-electron chi connectivity index (χ2n) is 8.30. The summed E-state index contributed by atoms with van der Waals surface area (Å²) in [6.07, 6.45) is 2.24. The number of nitrogens with zero attached hydrogens (tertiary/aromatic N) is 3. The maximum atomic E-state index is 9.19. The van der Waals surface area contributed by atoms with Gasteiger partial charge >= 0.3 is 5.78 Å². The predicted octanol–water partition coefficient (Wildman–Crippen LogP) is -5.42. The molecule has 1 saturated heterocycles. The van der Waals surface area contributed by atoms with Crippen molar-refractivity contribution in [2.24, 2.45) is 0 Å². The molecule has 9 heteroatoms.